The predicted molar refractivity (Wildman–Crippen MR) is 61.0 cm³/mol. The molecule has 88 valence electrons. The summed E-state index contributed by atoms with van der Waals surface area (Å²) in [5.74, 6) is 0.597. The fourth-order valence-electron chi connectivity index (χ4n) is 2.05. The predicted octanol–water partition coefficient (Wildman–Crippen LogP) is 0.527. The molecule has 2 rings (SSSR count). The van der Waals surface area contributed by atoms with Gasteiger partial charge >= 0.3 is 0 Å². The highest BCUT2D eigenvalue weighted by atomic mass is 16.2. The first kappa shape index (κ1) is 11.1. The molecule has 5 nitrogen and oxygen atoms in total. The Balaban J connectivity index is 2.11. The molecule has 1 saturated carbocycles. The summed E-state index contributed by atoms with van der Waals surface area (Å²) in [6.07, 6.45) is 3.95. The molecule has 5 heteroatoms. The molecule has 0 aromatic carbocycles. The highest BCUT2D eigenvalue weighted by Gasteiger charge is 2.35. The zero-order valence-electron chi connectivity index (χ0n) is 9.73. The van der Waals surface area contributed by atoms with Crippen LogP contribution in [0.4, 0.5) is 0 Å². The fraction of sp³-hybridized carbons (Fsp3) is 0.636. The second-order valence-electron chi connectivity index (χ2n) is 4.47. The van der Waals surface area contributed by atoms with Gasteiger partial charge in [-0.25, -0.2) is 0 Å². The van der Waals surface area contributed by atoms with Gasteiger partial charge in [-0.3, -0.25) is 9.89 Å². The summed E-state index contributed by atoms with van der Waals surface area (Å²) in [6.45, 7) is 2.38. The minimum atomic E-state index is 0.00796. The van der Waals surface area contributed by atoms with Crippen molar-refractivity contribution < 1.29 is 4.79 Å². The van der Waals surface area contributed by atoms with E-state index in [2.05, 4.69) is 10.2 Å². The van der Waals surface area contributed by atoms with Crippen molar-refractivity contribution in [3.05, 3.63) is 17.5 Å². The minimum Gasteiger partial charge on any atom is -0.337 e. The number of carbonyl (C=O) groups is 1. The quantitative estimate of drug-likeness (QED) is 0.780. The summed E-state index contributed by atoms with van der Waals surface area (Å²) in [5.41, 5.74) is 7.18. The van der Waals surface area contributed by atoms with Gasteiger partial charge in [0.1, 0.15) is 0 Å². The molecule has 1 aliphatic carbocycles. The number of nitrogens with two attached hydrogens (primary N) is 1. The number of aromatic nitrogens is 2. The van der Waals surface area contributed by atoms with Crippen molar-refractivity contribution >= 4 is 5.91 Å². The van der Waals surface area contributed by atoms with E-state index in [1.54, 1.807) is 11.1 Å². The van der Waals surface area contributed by atoms with E-state index in [4.69, 9.17) is 5.73 Å². The van der Waals surface area contributed by atoms with Crippen molar-refractivity contribution in [1.29, 1.82) is 0 Å². The number of carbonyl (C=O) groups excluding carboxylic acids is 1. The van der Waals surface area contributed by atoms with Gasteiger partial charge in [-0.15, -0.1) is 0 Å². The van der Waals surface area contributed by atoms with Crippen LogP contribution < -0.4 is 5.73 Å². The Hall–Kier alpha value is -1.36. The van der Waals surface area contributed by atoms with Gasteiger partial charge in [-0.05, 0) is 25.7 Å². The molecule has 1 aliphatic rings. The molecule has 0 spiro atoms. The maximum atomic E-state index is 12.2. The summed E-state index contributed by atoms with van der Waals surface area (Å²) in [6, 6.07) is 0.168. The van der Waals surface area contributed by atoms with Gasteiger partial charge < -0.3 is 10.6 Å². The Morgan fingerprint density at radius 3 is 2.88 bits per heavy atom. The Kier molecular flexibility index (Phi) is 2.96. The Bertz CT molecular complexity index is 383. The van der Waals surface area contributed by atoms with Crippen LogP contribution in [0.3, 0.4) is 0 Å². The molecule has 1 atom stereocenters. The molecule has 1 fully saturated rings. The lowest BCUT2D eigenvalue weighted by molar-refractivity contribution is 0.0718. The number of rotatable bonds is 4. The zero-order chi connectivity index (χ0) is 11.7. The molecule has 1 unspecified atom stereocenters. The highest BCUT2D eigenvalue weighted by molar-refractivity contribution is 5.95. The molecule has 1 aromatic rings. The van der Waals surface area contributed by atoms with Crippen LogP contribution in [0.15, 0.2) is 6.20 Å². The van der Waals surface area contributed by atoms with E-state index in [0.717, 1.165) is 5.69 Å². The number of nitrogens with one attached hydrogen (secondary N) is 1. The van der Waals surface area contributed by atoms with Gasteiger partial charge in [0.15, 0.2) is 0 Å². The second-order valence-corrected chi connectivity index (χ2v) is 4.47. The molecule has 0 bridgehead atoms. The smallest absolute Gasteiger partial charge is 0.257 e. The SMILES string of the molecule is Cc1[nH]ncc1C(=O)N(C)C(CN)C1CC1. The zero-order valence-corrected chi connectivity index (χ0v) is 9.73. The number of nitrogens with zero attached hydrogens (tertiary/aromatic N) is 2. The van der Waals surface area contributed by atoms with E-state index in [1.165, 1.54) is 12.8 Å². The Morgan fingerprint density at radius 1 is 1.75 bits per heavy atom. The van der Waals surface area contributed by atoms with Crippen LogP contribution in [0.1, 0.15) is 28.9 Å². The van der Waals surface area contributed by atoms with E-state index < -0.39 is 0 Å². The van der Waals surface area contributed by atoms with Gasteiger partial charge in [0.25, 0.3) is 5.91 Å². The maximum absolute atomic E-state index is 12.2. The summed E-state index contributed by atoms with van der Waals surface area (Å²) in [5, 5.41) is 6.64. The number of aromatic amines is 1. The van der Waals surface area contributed by atoms with E-state index in [1.807, 2.05) is 14.0 Å². The standard InChI is InChI=1S/C11H18N4O/c1-7-9(6-13-14-7)11(16)15(2)10(5-12)8-3-4-8/h6,8,10H,3-5,12H2,1-2H3,(H,13,14). The first-order valence-electron chi connectivity index (χ1n) is 5.62. The lowest BCUT2D eigenvalue weighted by Crippen LogP contribution is -2.43. The first-order valence-corrected chi connectivity index (χ1v) is 5.62. The van der Waals surface area contributed by atoms with Crippen LogP contribution in [0.25, 0.3) is 0 Å². The summed E-state index contributed by atoms with van der Waals surface area (Å²) < 4.78 is 0. The van der Waals surface area contributed by atoms with Gasteiger partial charge in [0.2, 0.25) is 0 Å². The molecular weight excluding hydrogens is 204 g/mol. The lowest BCUT2D eigenvalue weighted by Gasteiger charge is -2.26. The summed E-state index contributed by atoms with van der Waals surface area (Å²) in [4.78, 5) is 13.9. The number of likely N-dealkylation sites (N-methyl/N-ethyl adjacent to an activating group) is 1. The molecule has 1 heterocycles. The average molecular weight is 222 g/mol. The first-order chi connectivity index (χ1) is 7.65. The minimum absolute atomic E-state index is 0.00796. The van der Waals surface area contributed by atoms with Crippen LogP contribution >= 0.6 is 0 Å². The number of hydrogen-bond donors (Lipinski definition) is 2. The van der Waals surface area contributed by atoms with E-state index in [9.17, 15) is 4.79 Å². The third-order valence-electron chi connectivity index (χ3n) is 3.29. The number of H-pyrrole nitrogens is 1. The Labute approximate surface area is 95.0 Å². The molecule has 0 saturated heterocycles. The highest BCUT2D eigenvalue weighted by Crippen LogP contribution is 2.34. The lowest BCUT2D eigenvalue weighted by atomic mass is 10.1. The van der Waals surface area contributed by atoms with Crippen LogP contribution in [0.2, 0.25) is 0 Å². The molecular formula is C11H18N4O. The van der Waals surface area contributed by atoms with E-state index in [0.29, 0.717) is 18.0 Å². The molecule has 3 N–H and O–H groups in total. The van der Waals surface area contributed by atoms with E-state index in [-0.39, 0.29) is 11.9 Å². The normalized spacial score (nSPS) is 17.2. The average Bonchev–Trinajstić information content (AvgIpc) is 3.01. The van der Waals surface area contributed by atoms with Crippen molar-refractivity contribution in [3.63, 3.8) is 0 Å². The van der Waals surface area contributed by atoms with Crippen molar-refractivity contribution in [1.82, 2.24) is 15.1 Å². The third kappa shape index (κ3) is 1.95. The van der Waals surface area contributed by atoms with E-state index >= 15 is 0 Å². The van der Waals surface area contributed by atoms with Crippen LogP contribution in [0, 0.1) is 12.8 Å². The largest absolute Gasteiger partial charge is 0.337 e. The maximum Gasteiger partial charge on any atom is 0.257 e. The Morgan fingerprint density at radius 2 is 2.44 bits per heavy atom. The monoisotopic (exact) mass is 222 g/mol. The van der Waals surface area contributed by atoms with Crippen LogP contribution in [-0.4, -0.2) is 40.6 Å². The van der Waals surface area contributed by atoms with Crippen molar-refractivity contribution in [2.75, 3.05) is 13.6 Å². The molecule has 0 radical (unpaired) electrons. The topological polar surface area (TPSA) is 75.0 Å². The fourth-order valence-corrected chi connectivity index (χ4v) is 2.05. The number of amides is 1. The third-order valence-corrected chi connectivity index (χ3v) is 3.29. The molecule has 16 heavy (non-hydrogen) atoms. The van der Waals surface area contributed by atoms with Crippen molar-refractivity contribution in [2.24, 2.45) is 11.7 Å². The van der Waals surface area contributed by atoms with Gasteiger partial charge in [-0.2, -0.15) is 5.10 Å². The van der Waals surface area contributed by atoms with Gasteiger partial charge in [0, 0.05) is 25.3 Å². The second kappa shape index (κ2) is 4.25. The molecule has 1 aromatic heterocycles. The summed E-state index contributed by atoms with van der Waals surface area (Å²) >= 11 is 0. The summed E-state index contributed by atoms with van der Waals surface area (Å²) in [7, 11) is 1.82. The van der Waals surface area contributed by atoms with Gasteiger partial charge in [0.05, 0.1) is 11.8 Å². The van der Waals surface area contributed by atoms with Crippen molar-refractivity contribution in [2.45, 2.75) is 25.8 Å². The van der Waals surface area contributed by atoms with Crippen molar-refractivity contribution in [3.8, 4) is 0 Å². The van der Waals surface area contributed by atoms with Gasteiger partial charge in [-0.1, -0.05) is 0 Å². The van der Waals surface area contributed by atoms with Crippen LogP contribution in [0.5, 0.6) is 0 Å². The van der Waals surface area contributed by atoms with Crippen LogP contribution in [-0.2, 0) is 0 Å². The number of aryl methyl sites for hydroxylation is 1. The number of hydrogen-bond acceptors (Lipinski definition) is 3. The molecule has 0 aliphatic heterocycles. The molecule has 1 amide bonds.